The molecule has 10 aromatic carbocycles. The number of hydrogen-bond acceptors (Lipinski definition) is 2. The van der Waals surface area contributed by atoms with Crippen LogP contribution in [0.5, 0.6) is 0 Å². The van der Waals surface area contributed by atoms with Crippen LogP contribution in [0.2, 0.25) is 0 Å². The highest BCUT2D eigenvalue weighted by atomic mass is 15.1. The van der Waals surface area contributed by atoms with E-state index in [0.717, 1.165) is 28.2 Å². The van der Waals surface area contributed by atoms with E-state index in [1.807, 2.05) is 30.3 Å². The van der Waals surface area contributed by atoms with E-state index in [9.17, 15) is 5.26 Å². The normalized spacial score (nSPS) is 11.3. The first-order chi connectivity index (χ1) is 27.2. The number of anilines is 3. The van der Waals surface area contributed by atoms with Crippen LogP contribution in [0.4, 0.5) is 17.1 Å². The minimum absolute atomic E-state index is 0.642. The van der Waals surface area contributed by atoms with Crippen LogP contribution in [-0.4, -0.2) is 0 Å². The first kappa shape index (κ1) is 32.2. The van der Waals surface area contributed by atoms with E-state index in [1.165, 1.54) is 65.3 Å². The van der Waals surface area contributed by atoms with Gasteiger partial charge in [0.05, 0.1) is 11.6 Å². The molecule has 0 bridgehead atoms. The molecule has 0 atom stereocenters. The molecule has 2 nitrogen and oxygen atoms in total. The number of rotatable bonds is 6. The minimum atomic E-state index is 0.642. The Labute approximate surface area is 320 Å². The van der Waals surface area contributed by atoms with Gasteiger partial charge in [-0.05, 0) is 143 Å². The molecule has 256 valence electrons. The standard InChI is InChI=1S/C53H34N2/c54-35-36-18-27-46(28-19-36)55(45-14-2-1-3-15-45)47-29-24-39(25-30-47)42-26-31-50-51(34-42)53(44-23-21-38-11-5-7-13-41(38)33-44)49-17-9-8-16-48(49)52(50)43-22-20-37-10-4-6-12-40(37)32-43/h1-34H. The lowest BCUT2D eigenvalue weighted by Crippen LogP contribution is -2.09. The fraction of sp³-hybridized carbons (Fsp3) is 0. The highest BCUT2D eigenvalue weighted by Crippen LogP contribution is 2.46. The van der Waals surface area contributed by atoms with E-state index < -0.39 is 0 Å². The number of nitrogens with zero attached hydrogens (tertiary/aromatic N) is 2. The second-order valence-electron chi connectivity index (χ2n) is 14.1. The second-order valence-corrected chi connectivity index (χ2v) is 14.1. The van der Waals surface area contributed by atoms with Crippen molar-refractivity contribution in [2.75, 3.05) is 4.90 Å². The van der Waals surface area contributed by atoms with Crippen molar-refractivity contribution in [3.63, 3.8) is 0 Å². The number of para-hydroxylation sites is 1. The summed E-state index contributed by atoms with van der Waals surface area (Å²) in [6.45, 7) is 0. The minimum Gasteiger partial charge on any atom is -0.311 e. The largest absolute Gasteiger partial charge is 0.311 e. The third kappa shape index (κ3) is 5.76. The van der Waals surface area contributed by atoms with Gasteiger partial charge in [-0.25, -0.2) is 0 Å². The van der Waals surface area contributed by atoms with Gasteiger partial charge >= 0.3 is 0 Å². The van der Waals surface area contributed by atoms with E-state index in [1.54, 1.807) is 0 Å². The van der Waals surface area contributed by atoms with E-state index in [4.69, 9.17) is 0 Å². The lowest BCUT2D eigenvalue weighted by atomic mass is 9.84. The van der Waals surface area contributed by atoms with Gasteiger partial charge in [0, 0.05) is 17.1 Å². The Balaban J connectivity index is 1.17. The number of fused-ring (bicyclic) bond motifs is 4. The van der Waals surface area contributed by atoms with Crippen LogP contribution >= 0.6 is 0 Å². The van der Waals surface area contributed by atoms with Crippen molar-refractivity contribution < 1.29 is 0 Å². The van der Waals surface area contributed by atoms with E-state index >= 15 is 0 Å². The summed E-state index contributed by atoms with van der Waals surface area (Å²) in [6.07, 6.45) is 0. The molecule has 0 amide bonds. The lowest BCUT2D eigenvalue weighted by Gasteiger charge is -2.25. The molecule has 0 aromatic heterocycles. The van der Waals surface area contributed by atoms with Crippen molar-refractivity contribution >= 4 is 60.2 Å². The summed E-state index contributed by atoms with van der Waals surface area (Å²) in [4.78, 5) is 2.23. The van der Waals surface area contributed by atoms with Crippen LogP contribution in [0.25, 0.3) is 76.5 Å². The summed E-state index contributed by atoms with van der Waals surface area (Å²) in [5, 5.41) is 19.3. The summed E-state index contributed by atoms with van der Waals surface area (Å²) < 4.78 is 0. The van der Waals surface area contributed by atoms with Crippen LogP contribution in [0.3, 0.4) is 0 Å². The van der Waals surface area contributed by atoms with E-state index in [2.05, 4.69) is 187 Å². The number of nitriles is 1. The van der Waals surface area contributed by atoms with Crippen molar-refractivity contribution in [2.24, 2.45) is 0 Å². The molecule has 0 heterocycles. The van der Waals surface area contributed by atoms with Gasteiger partial charge < -0.3 is 4.90 Å². The molecule has 0 unspecified atom stereocenters. The average Bonchev–Trinajstić information content (AvgIpc) is 3.26. The summed E-state index contributed by atoms with van der Waals surface area (Å²) in [5.74, 6) is 0. The van der Waals surface area contributed by atoms with Crippen molar-refractivity contribution in [3.8, 4) is 39.4 Å². The Bertz CT molecular complexity index is 3080. The van der Waals surface area contributed by atoms with Crippen LogP contribution in [0.1, 0.15) is 5.56 Å². The van der Waals surface area contributed by atoms with Gasteiger partial charge in [-0.3, -0.25) is 0 Å². The fourth-order valence-electron chi connectivity index (χ4n) is 8.18. The molecule has 0 aliphatic heterocycles. The smallest absolute Gasteiger partial charge is 0.0991 e. The summed E-state index contributed by atoms with van der Waals surface area (Å²) in [7, 11) is 0. The Kier molecular flexibility index (Phi) is 7.90. The molecule has 0 saturated carbocycles. The predicted octanol–water partition coefficient (Wildman–Crippen LogP) is 14.6. The van der Waals surface area contributed by atoms with Gasteiger partial charge in [-0.15, -0.1) is 0 Å². The van der Waals surface area contributed by atoms with Crippen LogP contribution in [0.15, 0.2) is 206 Å². The van der Waals surface area contributed by atoms with Gasteiger partial charge in [-0.2, -0.15) is 5.26 Å². The Hall–Kier alpha value is -7.47. The van der Waals surface area contributed by atoms with Crippen molar-refractivity contribution in [1.29, 1.82) is 5.26 Å². The Morgan fingerprint density at radius 2 is 0.745 bits per heavy atom. The van der Waals surface area contributed by atoms with Crippen molar-refractivity contribution in [2.45, 2.75) is 0 Å². The Morgan fingerprint density at radius 1 is 0.309 bits per heavy atom. The maximum absolute atomic E-state index is 9.43. The van der Waals surface area contributed by atoms with Gasteiger partial charge in [0.2, 0.25) is 0 Å². The maximum Gasteiger partial charge on any atom is 0.0991 e. The summed E-state index contributed by atoms with van der Waals surface area (Å²) in [5.41, 5.74) is 11.0. The molecule has 55 heavy (non-hydrogen) atoms. The van der Waals surface area contributed by atoms with E-state index in [0.29, 0.717) is 5.56 Å². The molecule has 10 aromatic rings. The molecule has 10 rings (SSSR count). The zero-order valence-corrected chi connectivity index (χ0v) is 30.0. The van der Waals surface area contributed by atoms with E-state index in [-0.39, 0.29) is 0 Å². The molecule has 2 heteroatoms. The van der Waals surface area contributed by atoms with Gasteiger partial charge in [0.25, 0.3) is 0 Å². The number of benzene rings is 10. The SMILES string of the molecule is N#Cc1ccc(N(c2ccccc2)c2ccc(-c3ccc4c(-c5ccc6ccccc6c5)c5ccccc5c(-c5ccc6ccccc6c5)c4c3)cc2)cc1. The van der Waals surface area contributed by atoms with Crippen LogP contribution < -0.4 is 4.90 Å². The molecule has 0 spiro atoms. The average molecular weight is 699 g/mol. The molecule has 0 fully saturated rings. The molecular weight excluding hydrogens is 665 g/mol. The molecule has 0 aliphatic carbocycles. The maximum atomic E-state index is 9.43. The molecular formula is C53H34N2. The zero-order chi connectivity index (χ0) is 36.7. The summed E-state index contributed by atoms with van der Waals surface area (Å²) >= 11 is 0. The first-order valence-electron chi connectivity index (χ1n) is 18.6. The topological polar surface area (TPSA) is 27.0 Å². The highest BCUT2D eigenvalue weighted by Gasteiger charge is 2.19. The van der Waals surface area contributed by atoms with Crippen molar-refractivity contribution in [1.82, 2.24) is 0 Å². The molecule has 0 radical (unpaired) electrons. The van der Waals surface area contributed by atoms with Gasteiger partial charge in [-0.1, -0.05) is 140 Å². The second kappa shape index (κ2) is 13.5. The Morgan fingerprint density at radius 3 is 1.33 bits per heavy atom. The quantitative estimate of drug-likeness (QED) is 0.162. The van der Waals surface area contributed by atoms with Crippen LogP contribution in [-0.2, 0) is 0 Å². The first-order valence-corrected chi connectivity index (χ1v) is 18.6. The monoisotopic (exact) mass is 698 g/mol. The van der Waals surface area contributed by atoms with Crippen LogP contribution in [0, 0.1) is 11.3 Å². The van der Waals surface area contributed by atoms with Gasteiger partial charge in [0.1, 0.15) is 0 Å². The molecule has 0 saturated heterocycles. The fourth-order valence-corrected chi connectivity index (χ4v) is 8.18. The lowest BCUT2D eigenvalue weighted by molar-refractivity contribution is 1.28. The summed E-state index contributed by atoms with van der Waals surface area (Å²) in [6, 6.07) is 76.0. The van der Waals surface area contributed by atoms with Crippen molar-refractivity contribution in [3.05, 3.63) is 212 Å². The molecule has 0 aliphatic rings. The highest BCUT2D eigenvalue weighted by molar-refractivity contribution is 6.22. The third-order valence-electron chi connectivity index (χ3n) is 10.8. The zero-order valence-electron chi connectivity index (χ0n) is 30.0. The third-order valence-corrected chi connectivity index (χ3v) is 10.8. The number of hydrogen-bond donors (Lipinski definition) is 0. The predicted molar refractivity (Wildman–Crippen MR) is 232 cm³/mol. The molecule has 0 N–H and O–H groups in total. The van der Waals surface area contributed by atoms with Gasteiger partial charge in [0.15, 0.2) is 0 Å².